The van der Waals surface area contributed by atoms with Crippen LogP contribution in [0.4, 0.5) is 4.79 Å². The van der Waals surface area contributed by atoms with Gasteiger partial charge in [0.2, 0.25) is 5.91 Å². The smallest absolute Gasteiger partial charge is 0.317 e. The molecule has 0 aromatic rings. The van der Waals surface area contributed by atoms with Crippen LogP contribution in [-0.4, -0.2) is 78.5 Å². The number of urea groups is 1. The molecule has 24 heavy (non-hydrogen) atoms. The second kappa shape index (κ2) is 8.60. The molecule has 2 rings (SSSR count). The molecular formula is C16H27N3O4S. The van der Waals surface area contributed by atoms with Crippen LogP contribution in [0.5, 0.6) is 0 Å². The van der Waals surface area contributed by atoms with E-state index >= 15 is 0 Å². The number of unbranched alkanes of at least 4 members (excludes halogenated alkanes) is 1. The van der Waals surface area contributed by atoms with Gasteiger partial charge in [-0.2, -0.15) is 11.8 Å². The van der Waals surface area contributed by atoms with Crippen molar-refractivity contribution >= 4 is 29.7 Å². The Balaban J connectivity index is 1.63. The van der Waals surface area contributed by atoms with Crippen LogP contribution in [0.3, 0.4) is 0 Å². The van der Waals surface area contributed by atoms with Gasteiger partial charge in [-0.25, -0.2) is 4.79 Å². The Labute approximate surface area is 147 Å². The van der Waals surface area contributed by atoms with Gasteiger partial charge in [0, 0.05) is 38.1 Å². The summed E-state index contributed by atoms with van der Waals surface area (Å²) < 4.78 is 4.57. The summed E-state index contributed by atoms with van der Waals surface area (Å²) in [4.78, 5) is 38.2. The lowest BCUT2D eigenvalue weighted by Gasteiger charge is -2.23. The summed E-state index contributed by atoms with van der Waals surface area (Å²) in [5.41, 5.74) is 0. The third-order valence-electron chi connectivity index (χ3n) is 4.79. The lowest BCUT2D eigenvalue weighted by Crippen LogP contribution is -2.38. The largest absolute Gasteiger partial charge is 0.469 e. The first kappa shape index (κ1) is 18.9. The summed E-state index contributed by atoms with van der Waals surface area (Å²) in [6.07, 6.45) is 3.55. The van der Waals surface area contributed by atoms with Gasteiger partial charge in [0.15, 0.2) is 0 Å². The lowest BCUT2D eigenvalue weighted by atomic mass is 10.0. The summed E-state index contributed by atoms with van der Waals surface area (Å²) in [7, 11) is 4.92. The molecule has 2 aliphatic rings. The highest BCUT2D eigenvalue weighted by Gasteiger charge is 2.46. The molecule has 3 atom stereocenters. The van der Waals surface area contributed by atoms with Crippen molar-refractivity contribution in [2.75, 3.05) is 33.5 Å². The molecule has 0 spiro atoms. The van der Waals surface area contributed by atoms with E-state index in [4.69, 9.17) is 0 Å². The van der Waals surface area contributed by atoms with Crippen LogP contribution in [0.15, 0.2) is 0 Å². The molecule has 3 amide bonds. The number of methoxy groups -OCH3 is 1. The van der Waals surface area contributed by atoms with Gasteiger partial charge < -0.3 is 19.9 Å². The second-order valence-corrected chi connectivity index (χ2v) is 7.69. The van der Waals surface area contributed by atoms with Crippen molar-refractivity contribution in [1.29, 1.82) is 0 Å². The van der Waals surface area contributed by atoms with Gasteiger partial charge in [0.25, 0.3) is 0 Å². The fraction of sp³-hybridized carbons (Fsp3) is 0.812. The molecule has 2 saturated heterocycles. The molecule has 0 aliphatic carbocycles. The Kier molecular flexibility index (Phi) is 6.77. The molecule has 0 saturated carbocycles. The zero-order valence-corrected chi connectivity index (χ0v) is 15.4. The first-order valence-electron chi connectivity index (χ1n) is 8.39. The number of esters is 1. The Morgan fingerprint density at radius 2 is 2.12 bits per heavy atom. The van der Waals surface area contributed by atoms with Crippen LogP contribution < -0.4 is 5.32 Å². The summed E-state index contributed by atoms with van der Waals surface area (Å²) >= 11 is 1.92. The van der Waals surface area contributed by atoms with E-state index in [1.54, 1.807) is 11.9 Å². The molecule has 0 unspecified atom stereocenters. The van der Waals surface area contributed by atoms with Gasteiger partial charge in [-0.15, -0.1) is 0 Å². The molecule has 0 radical (unpaired) electrons. The molecular weight excluding hydrogens is 330 g/mol. The maximum absolute atomic E-state index is 12.0. The van der Waals surface area contributed by atoms with Crippen molar-refractivity contribution < 1.29 is 19.1 Å². The number of fused-ring (bicyclic) bond motifs is 1. The number of hydrogen-bond acceptors (Lipinski definition) is 5. The third kappa shape index (κ3) is 4.55. The first-order chi connectivity index (χ1) is 11.4. The van der Waals surface area contributed by atoms with Crippen LogP contribution in [0.1, 0.15) is 32.1 Å². The molecule has 0 bridgehead atoms. The van der Waals surface area contributed by atoms with Gasteiger partial charge >= 0.3 is 12.0 Å². The second-order valence-electron chi connectivity index (χ2n) is 6.42. The predicted octanol–water partition coefficient (Wildman–Crippen LogP) is 1.08. The predicted molar refractivity (Wildman–Crippen MR) is 92.9 cm³/mol. The number of carbonyl (C=O) groups is 3. The van der Waals surface area contributed by atoms with E-state index < -0.39 is 0 Å². The van der Waals surface area contributed by atoms with E-state index in [1.807, 2.05) is 23.7 Å². The van der Waals surface area contributed by atoms with Gasteiger partial charge in [-0.1, -0.05) is 6.42 Å². The number of rotatable bonds is 8. The van der Waals surface area contributed by atoms with Crippen LogP contribution in [0, 0.1) is 0 Å². The average molecular weight is 357 g/mol. The first-order valence-corrected chi connectivity index (χ1v) is 9.44. The summed E-state index contributed by atoms with van der Waals surface area (Å²) in [5, 5.41) is 3.46. The fourth-order valence-electron chi connectivity index (χ4n) is 3.28. The van der Waals surface area contributed by atoms with Crippen molar-refractivity contribution in [1.82, 2.24) is 15.1 Å². The molecule has 136 valence electrons. The molecule has 2 fully saturated rings. The Bertz CT molecular complexity index is 488. The number of ether oxygens (including phenoxy) is 1. The molecule has 0 aromatic heterocycles. The minimum atomic E-state index is -0.300. The summed E-state index contributed by atoms with van der Waals surface area (Å²) in [6.45, 7) is 0.395. The zero-order valence-electron chi connectivity index (χ0n) is 14.6. The number of amides is 3. The van der Waals surface area contributed by atoms with Gasteiger partial charge in [0.05, 0.1) is 25.6 Å². The lowest BCUT2D eigenvalue weighted by molar-refractivity contribution is -0.141. The minimum absolute atomic E-state index is 0.0257. The van der Waals surface area contributed by atoms with Crippen LogP contribution >= 0.6 is 11.8 Å². The van der Waals surface area contributed by atoms with Gasteiger partial charge in [-0.05, 0) is 12.8 Å². The van der Waals surface area contributed by atoms with Crippen molar-refractivity contribution in [3.8, 4) is 0 Å². The van der Waals surface area contributed by atoms with E-state index in [9.17, 15) is 14.4 Å². The highest BCUT2D eigenvalue weighted by molar-refractivity contribution is 8.00. The quantitative estimate of drug-likeness (QED) is 0.399. The van der Waals surface area contributed by atoms with E-state index in [0.717, 1.165) is 25.0 Å². The standard InChI is InChI=1S/C16H27N3O4S/c1-18(9-8-14(21)23-3)13(20)7-5-4-6-12-15-11(10-24-12)17-16(22)19(15)2/h11-12,15H,4-10H2,1-3H3,(H,17,22)/t11-,12-,15-/m0/s1. The third-order valence-corrected chi connectivity index (χ3v) is 6.29. The highest BCUT2D eigenvalue weighted by Crippen LogP contribution is 2.36. The maximum Gasteiger partial charge on any atom is 0.317 e. The Morgan fingerprint density at radius 3 is 2.83 bits per heavy atom. The van der Waals surface area contributed by atoms with Crippen molar-refractivity contribution in [3.63, 3.8) is 0 Å². The molecule has 0 aromatic carbocycles. The monoisotopic (exact) mass is 357 g/mol. The molecule has 8 heteroatoms. The Morgan fingerprint density at radius 1 is 1.38 bits per heavy atom. The van der Waals surface area contributed by atoms with E-state index in [1.165, 1.54) is 7.11 Å². The number of hydrogen-bond donors (Lipinski definition) is 1. The van der Waals surface area contributed by atoms with Crippen molar-refractivity contribution in [2.45, 2.75) is 49.4 Å². The zero-order chi connectivity index (χ0) is 17.7. The molecule has 2 aliphatic heterocycles. The summed E-state index contributed by atoms with van der Waals surface area (Å²) in [5.74, 6) is 0.734. The number of carbonyl (C=O) groups excluding carboxylic acids is 3. The number of thioether (sulfide) groups is 1. The maximum atomic E-state index is 12.0. The van der Waals surface area contributed by atoms with Gasteiger partial charge in [-0.3, -0.25) is 9.59 Å². The number of likely N-dealkylation sites (N-methyl/N-ethyl adjacent to an activating group) is 1. The normalized spacial score (nSPS) is 25.4. The summed E-state index contributed by atoms with van der Waals surface area (Å²) in [6, 6.07) is 0.572. The molecule has 7 nitrogen and oxygen atoms in total. The van der Waals surface area contributed by atoms with E-state index in [2.05, 4.69) is 10.1 Å². The van der Waals surface area contributed by atoms with Crippen LogP contribution in [0.2, 0.25) is 0 Å². The van der Waals surface area contributed by atoms with Crippen LogP contribution in [-0.2, 0) is 14.3 Å². The van der Waals surface area contributed by atoms with E-state index in [0.29, 0.717) is 18.2 Å². The topological polar surface area (TPSA) is 79.0 Å². The van der Waals surface area contributed by atoms with Crippen molar-refractivity contribution in [3.05, 3.63) is 0 Å². The minimum Gasteiger partial charge on any atom is -0.469 e. The average Bonchev–Trinajstić information content (AvgIpc) is 3.09. The number of nitrogens with one attached hydrogen (secondary N) is 1. The molecule has 2 heterocycles. The highest BCUT2D eigenvalue weighted by atomic mass is 32.2. The van der Waals surface area contributed by atoms with E-state index in [-0.39, 0.29) is 36.4 Å². The van der Waals surface area contributed by atoms with Gasteiger partial charge in [0.1, 0.15) is 0 Å². The van der Waals surface area contributed by atoms with Crippen molar-refractivity contribution in [2.24, 2.45) is 0 Å². The number of nitrogens with zero attached hydrogens (tertiary/aromatic N) is 2. The Hall–Kier alpha value is -1.44. The SMILES string of the molecule is COC(=O)CCN(C)C(=O)CCCC[C@@H]1SC[C@@H]2NC(=O)N(C)[C@@H]21. The van der Waals surface area contributed by atoms with Crippen LogP contribution in [0.25, 0.3) is 0 Å². The fourth-order valence-corrected chi connectivity index (χ4v) is 4.92. The molecule has 1 N–H and O–H groups in total.